The predicted octanol–water partition coefficient (Wildman–Crippen LogP) is 2.47. The molecule has 2 N–H and O–H groups in total. The molecule has 1 heterocycles. The standard InChI is InChI=1S/C18H17N3O3/c1-12-20-18(24-21-12)16-9-5-4-8-15(16)17(23)19-10-13-6-2-3-7-14(13)11-22/h2-9,22H,10-11H2,1H3,(H,19,23). The minimum absolute atomic E-state index is 0.0656. The van der Waals surface area contributed by atoms with Crippen molar-refractivity contribution in [2.24, 2.45) is 0 Å². The molecule has 0 spiro atoms. The second kappa shape index (κ2) is 7.06. The number of rotatable bonds is 5. The lowest BCUT2D eigenvalue weighted by Crippen LogP contribution is -2.24. The van der Waals surface area contributed by atoms with Gasteiger partial charge in [0, 0.05) is 6.54 Å². The van der Waals surface area contributed by atoms with Gasteiger partial charge in [-0.25, -0.2) is 0 Å². The zero-order valence-corrected chi connectivity index (χ0v) is 13.2. The third kappa shape index (κ3) is 3.33. The number of aryl methyl sites for hydroxylation is 1. The molecule has 3 aromatic rings. The molecule has 1 aromatic heterocycles. The molecular formula is C18H17N3O3. The Bertz CT molecular complexity index is 858. The van der Waals surface area contributed by atoms with E-state index in [1.165, 1.54) is 0 Å². The Morgan fingerprint density at radius 1 is 1.12 bits per heavy atom. The van der Waals surface area contributed by atoms with Crippen LogP contribution in [0, 0.1) is 6.92 Å². The number of hydrogen-bond acceptors (Lipinski definition) is 5. The fourth-order valence-electron chi connectivity index (χ4n) is 2.43. The number of amides is 1. The molecule has 3 rings (SSSR count). The summed E-state index contributed by atoms with van der Waals surface area (Å²) in [4.78, 5) is 16.7. The van der Waals surface area contributed by atoms with Crippen molar-refractivity contribution in [2.45, 2.75) is 20.1 Å². The molecule has 0 unspecified atom stereocenters. The number of carbonyl (C=O) groups excluding carboxylic acids is 1. The van der Waals surface area contributed by atoms with E-state index in [1.54, 1.807) is 25.1 Å². The van der Waals surface area contributed by atoms with Crippen LogP contribution in [0.1, 0.15) is 27.3 Å². The molecule has 0 fully saturated rings. The highest BCUT2D eigenvalue weighted by Crippen LogP contribution is 2.22. The number of carbonyl (C=O) groups is 1. The van der Waals surface area contributed by atoms with E-state index in [4.69, 9.17) is 4.52 Å². The molecule has 6 heteroatoms. The summed E-state index contributed by atoms with van der Waals surface area (Å²) in [6, 6.07) is 14.5. The highest BCUT2D eigenvalue weighted by Gasteiger charge is 2.16. The average Bonchev–Trinajstić information content (AvgIpc) is 3.06. The fraction of sp³-hybridized carbons (Fsp3) is 0.167. The number of nitrogens with one attached hydrogen (secondary N) is 1. The molecule has 0 saturated carbocycles. The Balaban J connectivity index is 1.81. The molecule has 1 amide bonds. The SMILES string of the molecule is Cc1noc(-c2ccccc2C(=O)NCc2ccccc2CO)n1. The zero-order chi connectivity index (χ0) is 16.9. The van der Waals surface area contributed by atoms with Gasteiger partial charge >= 0.3 is 0 Å². The largest absolute Gasteiger partial charge is 0.392 e. The summed E-state index contributed by atoms with van der Waals surface area (Å²) in [7, 11) is 0. The van der Waals surface area contributed by atoms with E-state index < -0.39 is 0 Å². The van der Waals surface area contributed by atoms with E-state index in [0.29, 0.717) is 29.4 Å². The van der Waals surface area contributed by atoms with Crippen molar-refractivity contribution in [2.75, 3.05) is 0 Å². The number of aliphatic hydroxyl groups is 1. The maximum absolute atomic E-state index is 12.6. The van der Waals surface area contributed by atoms with Crippen LogP contribution in [-0.2, 0) is 13.2 Å². The molecule has 122 valence electrons. The predicted molar refractivity (Wildman–Crippen MR) is 88.0 cm³/mol. The van der Waals surface area contributed by atoms with Crippen molar-refractivity contribution >= 4 is 5.91 Å². The highest BCUT2D eigenvalue weighted by molar-refractivity contribution is 5.99. The minimum Gasteiger partial charge on any atom is -0.392 e. The van der Waals surface area contributed by atoms with Crippen LogP contribution in [0.4, 0.5) is 0 Å². The lowest BCUT2D eigenvalue weighted by Gasteiger charge is -2.10. The lowest BCUT2D eigenvalue weighted by atomic mass is 10.1. The van der Waals surface area contributed by atoms with E-state index in [-0.39, 0.29) is 12.5 Å². The number of benzene rings is 2. The van der Waals surface area contributed by atoms with Gasteiger partial charge in [-0.05, 0) is 30.2 Å². The summed E-state index contributed by atoms with van der Waals surface area (Å²) >= 11 is 0. The topological polar surface area (TPSA) is 88.2 Å². The molecule has 0 saturated heterocycles. The van der Waals surface area contributed by atoms with Gasteiger partial charge in [0.05, 0.1) is 17.7 Å². The first-order chi connectivity index (χ1) is 11.7. The highest BCUT2D eigenvalue weighted by atomic mass is 16.5. The lowest BCUT2D eigenvalue weighted by molar-refractivity contribution is 0.0951. The van der Waals surface area contributed by atoms with Gasteiger partial charge < -0.3 is 14.9 Å². The van der Waals surface area contributed by atoms with Crippen LogP contribution < -0.4 is 5.32 Å². The number of nitrogens with zero attached hydrogens (tertiary/aromatic N) is 2. The number of hydrogen-bond donors (Lipinski definition) is 2. The van der Waals surface area contributed by atoms with Crippen LogP contribution in [0.2, 0.25) is 0 Å². The molecule has 2 aromatic carbocycles. The van der Waals surface area contributed by atoms with Gasteiger partial charge in [0.1, 0.15) is 0 Å². The third-order valence-electron chi connectivity index (χ3n) is 3.66. The van der Waals surface area contributed by atoms with Gasteiger partial charge in [0.15, 0.2) is 5.82 Å². The minimum atomic E-state index is -0.241. The zero-order valence-electron chi connectivity index (χ0n) is 13.2. The monoisotopic (exact) mass is 323 g/mol. The normalized spacial score (nSPS) is 10.6. The smallest absolute Gasteiger partial charge is 0.258 e. The maximum atomic E-state index is 12.6. The Morgan fingerprint density at radius 2 is 1.83 bits per heavy atom. The quantitative estimate of drug-likeness (QED) is 0.753. The summed E-state index contributed by atoms with van der Waals surface area (Å²) in [6.07, 6.45) is 0. The Labute approximate surface area is 139 Å². The molecule has 0 atom stereocenters. The summed E-state index contributed by atoms with van der Waals surface area (Å²) in [5.74, 6) is 0.584. The Kier molecular flexibility index (Phi) is 4.67. The second-order valence-electron chi connectivity index (χ2n) is 5.30. The molecule has 6 nitrogen and oxygen atoms in total. The van der Waals surface area contributed by atoms with E-state index in [0.717, 1.165) is 11.1 Å². The molecule has 0 aliphatic rings. The summed E-state index contributed by atoms with van der Waals surface area (Å²) in [5, 5.41) is 16.0. The summed E-state index contributed by atoms with van der Waals surface area (Å²) < 4.78 is 5.17. The van der Waals surface area contributed by atoms with Crippen molar-refractivity contribution in [1.29, 1.82) is 0 Å². The van der Waals surface area contributed by atoms with Gasteiger partial charge in [-0.3, -0.25) is 4.79 Å². The maximum Gasteiger partial charge on any atom is 0.258 e. The summed E-state index contributed by atoms with van der Waals surface area (Å²) in [5.41, 5.74) is 2.71. The van der Waals surface area contributed by atoms with Crippen molar-refractivity contribution < 1.29 is 14.4 Å². The Morgan fingerprint density at radius 3 is 2.54 bits per heavy atom. The van der Waals surface area contributed by atoms with E-state index in [1.807, 2.05) is 30.3 Å². The fourth-order valence-corrected chi connectivity index (χ4v) is 2.43. The van der Waals surface area contributed by atoms with E-state index >= 15 is 0 Å². The van der Waals surface area contributed by atoms with Crippen LogP contribution >= 0.6 is 0 Å². The van der Waals surface area contributed by atoms with Crippen molar-refractivity contribution in [3.05, 3.63) is 71.0 Å². The van der Waals surface area contributed by atoms with Gasteiger partial charge in [-0.2, -0.15) is 4.98 Å². The second-order valence-corrected chi connectivity index (χ2v) is 5.30. The van der Waals surface area contributed by atoms with Crippen LogP contribution in [0.25, 0.3) is 11.5 Å². The van der Waals surface area contributed by atoms with Crippen molar-refractivity contribution in [1.82, 2.24) is 15.5 Å². The van der Waals surface area contributed by atoms with Gasteiger partial charge in [-0.15, -0.1) is 0 Å². The Hall–Kier alpha value is -2.99. The van der Waals surface area contributed by atoms with Crippen LogP contribution in [-0.4, -0.2) is 21.2 Å². The van der Waals surface area contributed by atoms with Gasteiger partial charge in [0.25, 0.3) is 11.8 Å². The van der Waals surface area contributed by atoms with Gasteiger partial charge in [-0.1, -0.05) is 41.6 Å². The molecule has 0 radical (unpaired) electrons. The number of aromatic nitrogens is 2. The van der Waals surface area contributed by atoms with Crippen molar-refractivity contribution in [3.63, 3.8) is 0 Å². The molecule has 24 heavy (non-hydrogen) atoms. The molecule has 0 aliphatic carbocycles. The third-order valence-corrected chi connectivity index (χ3v) is 3.66. The van der Waals surface area contributed by atoms with Crippen molar-refractivity contribution in [3.8, 4) is 11.5 Å². The van der Waals surface area contributed by atoms with Gasteiger partial charge in [0.2, 0.25) is 0 Å². The van der Waals surface area contributed by atoms with E-state index in [9.17, 15) is 9.90 Å². The molecular weight excluding hydrogens is 306 g/mol. The number of aliphatic hydroxyl groups excluding tert-OH is 1. The first-order valence-corrected chi connectivity index (χ1v) is 7.54. The molecule has 0 aliphatic heterocycles. The first kappa shape index (κ1) is 15.9. The average molecular weight is 323 g/mol. The van der Waals surface area contributed by atoms with E-state index in [2.05, 4.69) is 15.5 Å². The summed E-state index contributed by atoms with van der Waals surface area (Å²) in [6.45, 7) is 1.98. The van der Waals surface area contributed by atoms with Crippen LogP contribution in [0.15, 0.2) is 53.1 Å². The van der Waals surface area contributed by atoms with Crippen LogP contribution in [0.3, 0.4) is 0 Å². The van der Waals surface area contributed by atoms with Crippen LogP contribution in [0.5, 0.6) is 0 Å². The molecule has 0 bridgehead atoms. The first-order valence-electron chi connectivity index (χ1n) is 7.54.